The predicted molar refractivity (Wildman–Crippen MR) is 69.6 cm³/mol. The highest BCUT2D eigenvalue weighted by Crippen LogP contribution is 2.19. The van der Waals surface area contributed by atoms with Gasteiger partial charge in [-0.1, -0.05) is 12.1 Å². The van der Waals surface area contributed by atoms with Gasteiger partial charge in [-0.3, -0.25) is 10.3 Å². The number of para-hydroxylation sites is 1. The number of nitrogen functional groups attached to an aromatic ring is 1. The van der Waals surface area contributed by atoms with Crippen LogP contribution in [0.15, 0.2) is 24.3 Å². The van der Waals surface area contributed by atoms with E-state index in [2.05, 4.69) is 0 Å². The van der Waals surface area contributed by atoms with Crippen LogP contribution in [0.1, 0.15) is 12.5 Å². The van der Waals surface area contributed by atoms with E-state index >= 15 is 0 Å². The summed E-state index contributed by atoms with van der Waals surface area (Å²) in [7, 11) is 3.41. The summed E-state index contributed by atoms with van der Waals surface area (Å²) in [6.07, 6.45) is 0. The third kappa shape index (κ3) is 2.75. The molecule has 0 aliphatic heterocycles. The molecule has 0 heterocycles. The van der Waals surface area contributed by atoms with E-state index in [0.717, 1.165) is 0 Å². The maximum Gasteiger partial charge on any atom is 0.323 e. The molecule has 0 bridgehead atoms. The molecule has 0 aromatic heterocycles. The summed E-state index contributed by atoms with van der Waals surface area (Å²) in [5.41, 5.74) is 6.70. The molecule has 5 heteroatoms. The number of nitrogens with one attached hydrogen (secondary N) is 1. The third-order valence-corrected chi connectivity index (χ3v) is 2.64. The Morgan fingerprint density at radius 3 is 2.47 bits per heavy atom. The molecule has 0 atom stereocenters. The summed E-state index contributed by atoms with van der Waals surface area (Å²) in [5.74, 6) is -0.0422. The number of benzene rings is 1. The van der Waals surface area contributed by atoms with Crippen LogP contribution in [0.4, 0.5) is 10.5 Å². The molecule has 0 aliphatic rings. The van der Waals surface area contributed by atoms with Gasteiger partial charge in [0.25, 0.3) is 0 Å². The molecule has 1 aromatic rings. The van der Waals surface area contributed by atoms with E-state index in [1.807, 2.05) is 13.0 Å². The van der Waals surface area contributed by atoms with Crippen molar-refractivity contribution >= 4 is 17.6 Å². The van der Waals surface area contributed by atoms with Gasteiger partial charge in [0, 0.05) is 26.2 Å². The Morgan fingerprint density at radius 2 is 1.94 bits per heavy atom. The van der Waals surface area contributed by atoms with Crippen molar-refractivity contribution in [2.75, 3.05) is 25.5 Å². The van der Waals surface area contributed by atoms with Crippen molar-refractivity contribution in [3.05, 3.63) is 29.8 Å². The fourth-order valence-corrected chi connectivity index (χ4v) is 1.49. The molecule has 0 aliphatic carbocycles. The molecule has 0 radical (unpaired) electrons. The Morgan fingerprint density at radius 1 is 1.35 bits per heavy atom. The zero-order valence-electron chi connectivity index (χ0n) is 10.4. The van der Waals surface area contributed by atoms with Gasteiger partial charge in [0.1, 0.15) is 5.84 Å². The van der Waals surface area contributed by atoms with Crippen LogP contribution in [-0.2, 0) is 0 Å². The first-order chi connectivity index (χ1) is 7.99. The number of amidine groups is 1. The lowest BCUT2D eigenvalue weighted by Crippen LogP contribution is -2.39. The molecule has 3 N–H and O–H groups in total. The second-order valence-electron chi connectivity index (χ2n) is 3.79. The molecule has 5 nitrogen and oxygen atoms in total. The summed E-state index contributed by atoms with van der Waals surface area (Å²) in [6, 6.07) is 6.99. The molecule has 1 aromatic carbocycles. The lowest BCUT2D eigenvalue weighted by molar-refractivity contribution is 0.219. The summed E-state index contributed by atoms with van der Waals surface area (Å²) in [4.78, 5) is 15.1. The fraction of sp³-hybridized carbons (Fsp3) is 0.333. The van der Waals surface area contributed by atoms with Crippen LogP contribution in [-0.4, -0.2) is 37.4 Å². The molecule has 0 spiro atoms. The van der Waals surface area contributed by atoms with E-state index < -0.39 is 0 Å². The SMILES string of the molecule is CCN(C)C(=O)N(C)c1ccccc1C(=N)N. The lowest BCUT2D eigenvalue weighted by Gasteiger charge is -2.25. The van der Waals surface area contributed by atoms with E-state index in [1.54, 1.807) is 37.2 Å². The third-order valence-electron chi connectivity index (χ3n) is 2.64. The Balaban J connectivity index is 3.08. The summed E-state index contributed by atoms with van der Waals surface area (Å²) in [5, 5.41) is 7.49. The number of hydrogen-bond acceptors (Lipinski definition) is 2. The van der Waals surface area contributed by atoms with Crippen LogP contribution in [0.3, 0.4) is 0 Å². The Hall–Kier alpha value is -2.04. The van der Waals surface area contributed by atoms with Gasteiger partial charge in [0.15, 0.2) is 0 Å². The number of amides is 2. The molecule has 0 saturated heterocycles. The molecule has 92 valence electrons. The van der Waals surface area contributed by atoms with E-state index in [-0.39, 0.29) is 11.9 Å². The van der Waals surface area contributed by atoms with Crippen molar-refractivity contribution in [1.29, 1.82) is 5.41 Å². The van der Waals surface area contributed by atoms with Crippen LogP contribution in [0.2, 0.25) is 0 Å². The van der Waals surface area contributed by atoms with Crippen molar-refractivity contribution in [2.24, 2.45) is 5.73 Å². The first-order valence-corrected chi connectivity index (χ1v) is 5.41. The van der Waals surface area contributed by atoms with Gasteiger partial charge in [0.05, 0.1) is 5.69 Å². The number of carbonyl (C=O) groups is 1. The van der Waals surface area contributed by atoms with Crippen LogP contribution in [0, 0.1) is 5.41 Å². The van der Waals surface area contributed by atoms with Crippen molar-refractivity contribution in [3.63, 3.8) is 0 Å². The summed E-state index contributed by atoms with van der Waals surface area (Å²) < 4.78 is 0. The van der Waals surface area contributed by atoms with Crippen molar-refractivity contribution in [2.45, 2.75) is 6.92 Å². The molecule has 2 amide bonds. The molecular weight excluding hydrogens is 216 g/mol. The van der Waals surface area contributed by atoms with Crippen LogP contribution in [0.25, 0.3) is 0 Å². The minimum Gasteiger partial charge on any atom is -0.384 e. The van der Waals surface area contributed by atoms with E-state index in [0.29, 0.717) is 17.8 Å². The van der Waals surface area contributed by atoms with E-state index in [1.165, 1.54) is 4.90 Å². The van der Waals surface area contributed by atoms with Crippen molar-refractivity contribution < 1.29 is 4.79 Å². The first kappa shape index (κ1) is 13.0. The zero-order chi connectivity index (χ0) is 13.0. The zero-order valence-corrected chi connectivity index (χ0v) is 10.4. The average molecular weight is 234 g/mol. The topological polar surface area (TPSA) is 73.4 Å². The minimum atomic E-state index is -0.124. The number of anilines is 1. The van der Waals surface area contributed by atoms with Crippen LogP contribution >= 0.6 is 0 Å². The normalized spacial score (nSPS) is 9.82. The van der Waals surface area contributed by atoms with Gasteiger partial charge in [-0.2, -0.15) is 0 Å². The van der Waals surface area contributed by atoms with Gasteiger partial charge in [-0.15, -0.1) is 0 Å². The summed E-state index contributed by atoms with van der Waals surface area (Å²) in [6.45, 7) is 2.54. The number of rotatable bonds is 3. The average Bonchev–Trinajstić information content (AvgIpc) is 2.35. The van der Waals surface area contributed by atoms with Gasteiger partial charge in [-0.05, 0) is 19.1 Å². The van der Waals surface area contributed by atoms with Gasteiger partial charge in [-0.25, -0.2) is 4.79 Å². The molecule has 1 rings (SSSR count). The smallest absolute Gasteiger partial charge is 0.323 e. The second kappa shape index (κ2) is 5.34. The minimum absolute atomic E-state index is 0.0422. The molecule has 0 unspecified atom stereocenters. The molecule has 17 heavy (non-hydrogen) atoms. The van der Waals surface area contributed by atoms with Gasteiger partial charge < -0.3 is 10.6 Å². The number of nitrogens with two attached hydrogens (primary N) is 1. The molecular formula is C12H18N4O. The van der Waals surface area contributed by atoms with Gasteiger partial charge in [0.2, 0.25) is 0 Å². The summed E-state index contributed by atoms with van der Waals surface area (Å²) >= 11 is 0. The Bertz CT molecular complexity index is 430. The maximum atomic E-state index is 12.0. The van der Waals surface area contributed by atoms with Crippen LogP contribution < -0.4 is 10.6 Å². The van der Waals surface area contributed by atoms with Crippen molar-refractivity contribution in [1.82, 2.24) is 4.90 Å². The Kier molecular flexibility index (Phi) is 4.09. The highest BCUT2D eigenvalue weighted by molar-refractivity contribution is 6.04. The number of hydrogen-bond donors (Lipinski definition) is 2. The number of nitrogens with zero attached hydrogens (tertiary/aromatic N) is 2. The standard InChI is InChI=1S/C12H18N4O/c1-4-15(2)12(17)16(3)10-8-6-5-7-9(10)11(13)14/h5-8H,4H2,1-3H3,(H3,13,14). The van der Waals surface area contributed by atoms with Crippen molar-refractivity contribution in [3.8, 4) is 0 Å². The Labute approximate surface area is 101 Å². The van der Waals surface area contributed by atoms with E-state index in [4.69, 9.17) is 11.1 Å². The second-order valence-corrected chi connectivity index (χ2v) is 3.79. The monoisotopic (exact) mass is 234 g/mol. The largest absolute Gasteiger partial charge is 0.384 e. The number of urea groups is 1. The van der Waals surface area contributed by atoms with Crippen LogP contribution in [0.5, 0.6) is 0 Å². The highest BCUT2D eigenvalue weighted by atomic mass is 16.2. The van der Waals surface area contributed by atoms with E-state index in [9.17, 15) is 4.79 Å². The predicted octanol–water partition coefficient (Wildman–Crippen LogP) is 1.48. The molecule has 0 fully saturated rings. The maximum absolute atomic E-state index is 12.0. The van der Waals surface area contributed by atoms with Gasteiger partial charge >= 0.3 is 6.03 Å². The quantitative estimate of drug-likeness (QED) is 0.614. The first-order valence-electron chi connectivity index (χ1n) is 5.41. The lowest BCUT2D eigenvalue weighted by atomic mass is 10.1. The highest BCUT2D eigenvalue weighted by Gasteiger charge is 2.17. The number of carbonyl (C=O) groups excluding carboxylic acids is 1. The molecule has 0 saturated carbocycles. The fourth-order valence-electron chi connectivity index (χ4n) is 1.49.